The Bertz CT molecular complexity index is 971. The van der Waals surface area contributed by atoms with E-state index in [0.717, 1.165) is 10.9 Å². The number of hydrogen-bond donors (Lipinski definition) is 2. The number of nitrogens with zero attached hydrogens (tertiary/aromatic N) is 1. The van der Waals surface area contributed by atoms with E-state index >= 15 is 0 Å². The lowest BCUT2D eigenvalue weighted by molar-refractivity contribution is 0.250. The maximum absolute atomic E-state index is 11.8. The van der Waals surface area contributed by atoms with Gasteiger partial charge in [0, 0.05) is 29.4 Å². The molecule has 2 amide bonds. The molecule has 0 saturated carbocycles. The van der Waals surface area contributed by atoms with Crippen LogP contribution in [-0.4, -0.2) is 31.3 Å². The third-order valence-electron chi connectivity index (χ3n) is 3.97. The SMILES string of the molecule is COc1cc2nccc(Oc3ccc(NC(=O)NC(C)C)cc3)c2cc1OC. The van der Waals surface area contributed by atoms with Gasteiger partial charge in [-0.2, -0.15) is 0 Å². The van der Waals surface area contributed by atoms with E-state index in [0.29, 0.717) is 28.7 Å². The highest BCUT2D eigenvalue weighted by molar-refractivity contribution is 5.90. The summed E-state index contributed by atoms with van der Waals surface area (Å²) in [4.78, 5) is 16.1. The standard InChI is InChI=1S/C21H23N3O4/c1-13(2)23-21(25)24-14-5-7-15(8-6-14)28-18-9-10-22-17-12-20(27-4)19(26-3)11-16(17)18/h5-13H,1-4H3,(H2,23,24,25). The first-order valence-corrected chi connectivity index (χ1v) is 8.86. The van der Waals surface area contributed by atoms with Crippen LogP contribution in [0.5, 0.6) is 23.0 Å². The zero-order valence-electron chi connectivity index (χ0n) is 16.3. The Hall–Kier alpha value is -3.48. The van der Waals surface area contributed by atoms with E-state index in [2.05, 4.69) is 15.6 Å². The first-order valence-electron chi connectivity index (χ1n) is 8.86. The van der Waals surface area contributed by atoms with Crippen molar-refractivity contribution in [2.45, 2.75) is 19.9 Å². The Labute approximate surface area is 163 Å². The van der Waals surface area contributed by atoms with Crippen molar-refractivity contribution < 1.29 is 19.0 Å². The van der Waals surface area contributed by atoms with Crippen LogP contribution in [0.3, 0.4) is 0 Å². The highest BCUT2D eigenvalue weighted by Gasteiger charge is 2.11. The first kappa shape index (κ1) is 19.3. The summed E-state index contributed by atoms with van der Waals surface area (Å²) in [6.45, 7) is 3.81. The van der Waals surface area contributed by atoms with Gasteiger partial charge in [-0.25, -0.2) is 4.79 Å². The Morgan fingerprint density at radius 2 is 1.64 bits per heavy atom. The summed E-state index contributed by atoms with van der Waals surface area (Å²) in [6.07, 6.45) is 1.68. The van der Waals surface area contributed by atoms with E-state index in [4.69, 9.17) is 14.2 Å². The molecule has 0 bridgehead atoms. The highest BCUT2D eigenvalue weighted by atomic mass is 16.5. The number of methoxy groups -OCH3 is 2. The summed E-state index contributed by atoms with van der Waals surface area (Å²) >= 11 is 0. The summed E-state index contributed by atoms with van der Waals surface area (Å²) in [5, 5.41) is 6.36. The summed E-state index contributed by atoms with van der Waals surface area (Å²) in [5.74, 6) is 2.49. The largest absolute Gasteiger partial charge is 0.493 e. The van der Waals surface area contributed by atoms with Crippen LogP contribution in [0.4, 0.5) is 10.5 Å². The average Bonchev–Trinajstić information content (AvgIpc) is 2.68. The molecule has 0 aliphatic heterocycles. The molecular formula is C21H23N3O4. The van der Waals surface area contributed by atoms with Crippen molar-refractivity contribution in [3.63, 3.8) is 0 Å². The second-order valence-electron chi connectivity index (χ2n) is 6.41. The molecule has 3 aromatic rings. The summed E-state index contributed by atoms with van der Waals surface area (Å²) in [5.41, 5.74) is 1.41. The maximum atomic E-state index is 11.8. The van der Waals surface area contributed by atoms with Gasteiger partial charge in [0.25, 0.3) is 0 Å². The van der Waals surface area contributed by atoms with Gasteiger partial charge in [0.1, 0.15) is 11.5 Å². The molecule has 146 valence electrons. The molecule has 0 radical (unpaired) electrons. The number of nitrogens with one attached hydrogen (secondary N) is 2. The minimum absolute atomic E-state index is 0.0678. The molecule has 0 aliphatic carbocycles. The van der Waals surface area contributed by atoms with Crippen LogP contribution in [0.25, 0.3) is 10.9 Å². The second-order valence-corrected chi connectivity index (χ2v) is 6.41. The van der Waals surface area contributed by atoms with Gasteiger partial charge in [0.05, 0.1) is 19.7 Å². The fraction of sp³-hybridized carbons (Fsp3) is 0.238. The number of urea groups is 1. The number of hydrogen-bond acceptors (Lipinski definition) is 5. The summed E-state index contributed by atoms with van der Waals surface area (Å²) in [6, 6.07) is 12.4. The van der Waals surface area contributed by atoms with Crippen LogP contribution in [0, 0.1) is 0 Å². The number of anilines is 1. The van der Waals surface area contributed by atoms with E-state index in [1.807, 2.05) is 19.9 Å². The lowest BCUT2D eigenvalue weighted by atomic mass is 10.2. The van der Waals surface area contributed by atoms with Crippen molar-refractivity contribution in [3.05, 3.63) is 48.7 Å². The van der Waals surface area contributed by atoms with Gasteiger partial charge in [-0.05, 0) is 50.2 Å². The molecule has 7 nitrogen and oxygen atoms in total. The Morgan fingerprint density at radius 3 is 2.29 bits per heavy atom. The number of rotatable bonds is 6. The van der Waals surface area contributed by atoms with Crippen molar-refractivity contribution in [1.29, 1.82) is 0 Å². The van der Waals surface area contributed by atoms with E-state index in [1.165, 1.54) is 0 Å². The van der Waals surface area contributed by atoms with Crippen molar-refractivity contribution in [1.82, 2.24) is 10.3 Å². The van der Waals surface area contributed by atoms with Crippen LogP contribution in [-0.2, 0) is 0 Å². The van der Waals surface area contributed by atoms with E-state index < -0.39 is 0 Å². The lowest BCUT2D eigenvalue weighted by Gasteiger charge is -2.13. The maximum Gasteiger partial charge on any atom is 0.319 e. The first-order chi connectivity index (χ1) is 13.5. The number of carbonyl (C=O) groups excluding carboxylic acids is 1. The number of benzene rings is 2. The number of amides is 2. The molecule has 7 heteroatoms. The third-order valence-corrected chi connectivity index (χ3v) is 3.97. The minimum atomic E-state index is -0.246. The van der Waals surface area contributed by atoms with Crippen molar-refractivity contribution in [2.24, 2.45) is 0 Å². The topological polar surface area (TPSA) is 81.7 Å². The molecule has 0 aliphatic rings. The number of pyridine rings is 1. The highest BCUT2D eigenvalue weighted by Crippen LogP contribution is 2.36. The molecule has 0 atom stereocenters. The zero-order chi connectivity index (χ0) is 20.1. The smallest absolute Gasteiger partial charge is 0.319 e. The molecule has 1 heterocycles. The Kier molecular flexibility index (Phi) is 5.84. The van der Waals surface area contributed by atoms with Gasteiger partial charge in [0.2, 0.25) is 0 Å². The number of fused-ring (bicyclic) bond motifs is 1. The van der Waals surface area contributed by atoms with Crippen LogP contribution < -0.4 is 24.8 Å². The number of aromatic nitrogens is 1. The van der Waals surface area contributed by atoms with Gasteiger partial charge in [-0.1, -0.05) is 0 Å². The summed E-state index contributed by atoms with van der Waals surface area (Å²) in [7, 11) is 3.17. The fourth-order valence-electron chi connectivity index (χ4n) is 2.70. The van der Waals surface area contributed by atoms with Gasteiger partial charge in [-0.15, -0.1) is 0 Å². The fourth-order valence-corrected chi connectivity index (χ4v) is 2.70. The molecule has 1 aromatic heterocycles. The van der Waals surface area contributed by atoms with Crippen molar-refractivity contribution in [2.75, 3.05) is 19.5 Å². The van der Waals surface area contributed by atoms with Crippen molar-refractivity contribution >= 4 is 22.6 Å². The van der Waals surface area contributed by atoms with Crippen LogP contribution in [0.15, 0.2) is 48.7 Å². The van der Waals surface area contributed by atoms with Crippen LogP contribution in [0.1, 0.15) is 13.8 Å². The predicted molar refractivity (Wildman–Crippen MR) is 109 cm³/mol. The molecule has 0 saturated heterocycles. The molecule has 3 rings (SSSR count). The monoisotopic (exact) mass is 381 g/mol. The quantitative estimate of drug-likeness (QED) is 0.653. The molecular weight excluding hydrogens is 358 g/mol. The number of ether oxygens (including phenoxy) is 3. The average molecular weight is 381 g/mol. The van der Waals surface area contributed by atoms with Crippen molar-refractivity contribution in [3.8, 4) is 23.0 Å². The molecule has 2 N–H and O–H groups in total. The third kappa shape index (κ3) is 4.43. The van der Waals surface area contributed by atoms with Crippen LogP contribution in [0.2, 0.25) is 0 Å². The van der Waals surface area contributed by atoms with Crippen LogP contribution >= 0.6 is 0 Å². The van der Waals surface area contributed by atoms with E-state index in [-0.39, 0.29) is 12.1 Å². The van der Waals surface area contributed by atoms with Gasteiger partial charge in [-0.3, -0.25) is 4.98 Å². The molecule has 0 unspecified atom stereocenters. The van der Waals surface area contributed by atoms with E-state index in [1.54, 1.807) is 56.8 Å². The van der Waals surface area contributed by atoms with Gasteiger partial charge < -0.3 is 24.8 Å². The van der Waals surface area contributed by atoms with Gasteiger partial charge >= 0.3 is 6.03 Å². The van der Waals surface area contributed by atoms with E-state index in [9.17, 15) is 4.79 Å². The minimum Gasteiger partial charge on any atom is -0.493 e. The molecule has 0 fully saturated rings. The van der Waals surface area contributed by atoms with Gasteiger partial charge in [0.15, 0.2) is 11.5 Å². The lowest BCUT2D eigenvalue weighted by Crippen LogP contribution is -2.34. The molecule has 0 spiro atoms. The normalized spacial score (nSPS) is 10.6. The Balaban J connectivity index is 1.81. The predicted octanol–water partition coefficient (Wildman–Crippen LogP) is 4.57. The number of carbonyl (C=O) groups is 1. The summed E-state index contributed by atoms with van der Waals surface area (Å²) < 4.78 is 16.7. The molecule has 28 heavy (non-hydrogen) atoms. The zero-order valence-corrected chi connectivity index (χ0v) is 16.3. The second kappa shape index (κ2) is 8.47. The molecule has 2 aromatic carbocycles. The Morgan fingerprint density at radius 1 is 0.964 bits per heavy atom.